The Morgan fingerprint density at radius 2 is 2.00 bits per heavy atom. The summed E-state index contributed by atoms with van der Waals surface area (Å²) in [4.78, 5) is 22.3. The summed E-state index contributed by atoms with van der Waals surface area (Å²) in [6, 6.07) is 1.71. The van der Waals surface area contributed by atoms with Crippen molar-refractivity contribution >= 4 is 33.5 Å². The molecular weight excluding hydrogens is 312 g/mol. The molecule has 0 heterocycles. The number of benzene rings is 1. The number of esters is 1. The summed E-state index contributed by atoms with van der Waals surface area (Å²) < 4.78 is 31.0. The standard InChI is InChI=1S/C11H10BrF2NO3/c1-2-18-11(17)5-10(16)15-9-4-7(13)6(12)3-8(9)14/h3-4H,2,5H2,1H3,(H,15,16). The minimum atomic E-state index is -0.805. The third-order valence-electron chi connectivity index (χ3n) is 1.89. The summed E-state index contributed by atoms with van der Waals surface area (Å²) in [6.45, 7) is 1.74. The van der Waals surface area contributed by atoms with Gasteiger partial charge in [-0.25, -0.2) is 8.78 Å². The van der Waals surface area contributed by atoms with Crippen molar-refractivity contribution in [3.05, 3.63) is 28.2 Å². The maximum atomic E-state index is 13.3. The Hall–Kier alpha value is -1.50. The van der Waals surface area contributed by atoms with E-state index in [1.807, 2.05) is 0 Å². The van der Waals surface area contributed by atoms with Gasteiger partial charge in [-0.1, -0.05) is 0 Å². The second-order valence-electron chi connectivity index (χ2n) is 3.28. The van der Waals surface area contributed by atoms with E-state index in [1.54, 1.807) is 6.92 Å². The molecule has 1 rings (SSSR count). The van der Waals surface area contributed by atoms with Crippen LogP contribution in [-0.2, 0) is 14.3 Å². The molecule has 0 bridgehead atoms. The van der Waals surface area contributed by atoms with E-state index in [0.717, 1.165) is 12.1 Å². The number of hydrogen-bond donors (Lipinski definition) is 1. The number of halogens is 3. The van der Waals surface area contributed by atoms with E-state index in [1.165, 1.54) is 0 Å². The van der Waals surface area contributed by atoms with Gasteiger partial charge in [0.2, 0.25) is 5.91 Å². The molecule has 1 amide bonds. The Morgan fingerprint density at radius 3 is 2.61 bits per heavy atom. The molecule has 98 valence electrons. The molecule has 0 aliphatic carbocycles. The lowest BCUT2D eigenvalue weighted by Gasteiger charge is -2.07. The third kappa shape index (κ3) is 4.06. The number of carbonyl (C=O) groups excluding carboxylic acids is 2. The number of ether oxygens (including phenoxy) is 1. The molecule has 7 heteroatoms. The molecule has 0 unspecified atom stereocenters. The van der Waals surface area contributed by atoms with Gasteiger partial charge in [0.15, 0.2) is 0 Å². The Morgan fingerprint density at radius 1 is 1.33 bits per heavy atom. The van der Waals surface area contributed by atoms with Gasteiger partial charge in [0.25, 0.3) is 0 Å². The number of hydrogen-bond acceptors (Lipinski definition) is 3. The first-order valence-corrected chi connectivity index (χ1v) is 5.83. The Balaban J connectivity index is 2.70. The minimum Gasteiger partial charge on any atom is -0.466 e. The molecular formula is C11H10BrF2NO3. The second-order valence-corrected chi connectivity index (χ2v) is 4.13. The summed E-state index contributed by atoms with van der Waals surface area (Å²) in [5.41, 5.74) is -0.329. The lowest BCUT2D eigenvalue weighted by atomic mass is 10.3. The van der Waals surface area contributed by atoms with Gasteiger partial charge in [0.1, 0.15) is 18.1 Å². The van der Waals surface area contributed by atoms with Crippen molar-refractivity contribution in [1.82, 2.24) is 0 Å². The molecule has 0 aliphatic heterocycles. The van der Waals surface area contributed by atoms with Crippen LogP contribution in [0.2, 0.25) is 0 Å². The smallest absolute Gasteiger partial charge is 0.315 e. The molecule has 1 aromatic rings. The molecule has 0 aromatic heterocycles. The van der Waals surface area contributed by atoms with Crippen LogP contribution in [0.4, 0.5) is 14.5 Å². The van der Waals surface area contributed by atoms with E-state index in [4.69, 9.17) is 0 Å². The van der Waals surface area contributed by atoms with Crippen molar-refractivity contribution in [1.29, 1.82) is 0 Å². The highest BCUT2D eigenvalue weighted by molar-refractivity contribution is 9.10. The van der Waals surface area contributed by atoms with Crippen molar-refractivity contribution in [2.24, 2.45) is 0 Å². The predicted octanol–water partition coefficient (Wildman–Crippen LogP) is 2.62. The lowest BCUT2D eigenvalue weighted by Crippen LogP contribution is -2.18. The van der Waals surface area contributed by atoms with Gasteiger partial charge in [0, 0.05) is 6.07 Å². The fourth-order valence-electron chi connectivity index (χ4n) is 1.16. The van der Waals surface area contributed by atoms with Gasteiger partial charge in [-0.3, -0.25) is 9.59 Å². The van der Waals surface area contributed by atoms with Crippen LogP contribution in [0.5, 0.6) is 0 Å². The maximum absolute atomic E-state index is 13.3. The summed E-state index contributed by atoms with van der Waals surface area (Å²) in [5.74, 6) is -3.02. The summed E-state index contributed by atoms with van der Waals surface area (Å²) in [7, 11) is 0. The number of anilines is 1. The van der Waals surface area contributed by atoms with Gasteiger partial charge >= 0.3 is 5.97 Å². The fraction of sp³-hybridized carbons (Fsp3) is 0.273. The Labute approximate surface area is 110 Å². The van der Waals surface area contributed by atoms with Gasteiger partial charge in [-0.2, -0.15) is 0 Å². The summed E-state index contributed by atoms with van der Waals surface area (Å²) in [5, 5.41) is 2.09. The van der Waals surface area contributed by atoms with Gasteiger partial charge in [-0.15, -0.1) is 0 Å². The average Bonchev–Trinajstić information content (AvgIpc) is 2.26. The largest absolute Gasteiger partial charge is 0.466 e. The van der Waals surface area contributed by atoms with Crippen LogP contribution in [0.25, 0.3) is 0 Å². The van der Waals surface area contributed by atoms with Crippen molar-refractivity contribution in [2.45, 2.75) is 13.3 Å². The van der Waals surface area contributed by atoms with E-state index >= 15 is 0 Å². The van der Waals surface area contributed by atoms with Gasteiger partial charge < -0.3 is 10.1 Å². The zero-order valence-electron chi connectivity index (χ0n) is 9.43. The van der Waals surface area contributed by atoms with Crippen LogP contribution in [0.3, 0.4) is 0 Å². The molecule has 0 radical (unpaired) electrons. The molecule has 0 spiro atoms. The van der Waals surface area contributed by atoms with E-state index in [0.29, 0.717) is 0 Å². The first-order chi connectivity index (χ1) is 8.43. The molecule has 1 aromatic carbocycles. The first-order valence-electron chi connectivity index (χ1n) is 5.04. The average molecular weight is 322 g/mol. The SMILES string of the molecule is CCOC(=O)CC(=O)Nc1cc(F)c(Br)cc1F. The highest BCUT2D eigenvalue weighted by atomic mass is 79.9. The van der Waals surface area contributed by atoms with Crippen molar-refractivity contribution in [2.75, 3.05) is 11.9 Å². The summed E-state index contributed by atoms with van der Waals surface area (Å²) in [6.07, 6.45) is -0.551. The Bertz CT molecular complexity index is 480. The second kappa shape index (κ2) is 6.44. The van der Waals surface area contributed by atoms with Crippen LogP contribution in [0, 0.1) is 11.6 Å². The number of nitrogens with one attached hydrogen (secondary N) is 1. The highest BCUT2D eigenvalue weighted by Gasteiger charge is 2.14. The zero-order chi connectivity index (χ0) is 13.7. The molecule has 0 saturated heterocycles. The lowest BCUT2D eigenvalue weighted by molar-refractivity contribution is -0.145. The van der Waals surface area contributed by atoms with Crippen LogP contribution < -0.4 is 5.32 Å². The number of amides is 1. The third-order valence-corrected chi connectivity index (χ3v) is 2.50. The molecule has 0 saturated carbocycles. The first kappa shape index (κ1) is 14.6. The molecule has 1 N–H and O–H groups in total. The molecule has 0 atom stereocenters. The number of rotatable bonds is 4. The van der Waals surface area contributed by atoms with E-state index < -0.39 is 29.9 Å². The van der Waals surface area contributed by atoms with E-state index in [2.05, 4.69) is 26.0 Å². The normalized spacial score (nSPS) is 10.0. The van der Waals surface area contributed by atoms with E-state index in [-0.39, 0.29) is 16.8 Å². The van der Waals surface area contributed by atoms with Crippen LogP contribution in [0.1, 0.15) is 13.3 Å². The maximum Gasteiger partial charge on any atom is 0.315 e. The molecule has 0 fully saturated rings. The minimum absolute atomic E-state index is 0.0524. The monoisotopic (exact) mass is 321 g/mol. The Kier molecular flexibility index (Phi) is 5.21. The zero-order valence-corrected chi connectivity index (χ0v) is 11.0. The highest BCUT2D eigenvalue weighted by Crippen LogP contribution is 2.23. The van der Waals surface area contributed by atoms with Crippen LogP contribution in [-0.4, -0.2) is 18.5 Å². The molecule has 4 nitrogen and oxygen atoms in total. The summed E-state index contributed by atoms with van der Waals surface area (Å²) >= 11 is 2.81. The topological polar surface area (TPSA) is 55.4 Å². The van der Waals surface area contributed by atoms with Gasteiger partial charge in [-0.05, 0) is 28.9 Å². The van der Waals surface area contributed by atoms with Crippen molar-refractivity contribution in [3.63, 3.8) is 0 Å². The van der Waals surface area contributed by atoms with Crippen molar-refractivity contribution < 1.29 is 23.1 Å². The predicted molar refractivity (Wildman–Crippen MR) is 63.9 cm³/mol. The van der Waals surface area contributed by atoms with Crippen LogP contribution in [0.15, 0.2) is 16.6 Å². The fourth-order valence-corrected chi connectivity index (χ4v) is 1.47. The van der Waals surface area contributed by atoms with E-state index in [9.17, 15) is 18.4 Å². The number of carbonyl (C=O) groups is 2. The van der Waals surface area contributed by atoms with Gasteiger partial charge in [0.05, 0.1) is 16.8 Å². The molecule has 18 heavy (non-hydrogen) atoms. The van der Waals surface area contributed by atoms with Crippen molar-refractivity contribution in [3.8, 4) is 0 Å². The van der Waals surface area contributed by atoms with Crippen LogP contribution >= 0.6 is 15.9 Å². The quantitative estimate of drug-likeness (QED) is 0.527. The molecule has 0 aliphatic rings.